The van der Waals surface area contributed by atoms with Crippen molar-refractivity contribution in [1.82, 2.24) is 0 Å². The normalized spacial score (nSPS) is 12.3. The minimum Gasteiger partial charge on any atom is -0.405 e. The second-order valence-corrected chi connectivity index (χ2v) is 6.40. The van der Waals surface area contributed by atoms with Crippen LogP contribution in [0.15, 0.2) is 42.5 Å². The molecule has 0 aliphatic carbocycles. The van der Waals surface area contributed by atoms with Crippen molar-refractivity contribution in [3.05, 3.63) is 53.1 Å². The highest BCUT2D eigenvalue weighted by Gasteiger charge is 2.32. The zero-order valence-electron chi connectivity index (χ0n) is 12.5. The van der Waals surface area contributed by atoms with E-state index in [1.165, 1.54) is 12.1 Å². The second-order valence-electron chi connectivity index (χ2n) is 5.99. The summed E-state index contributed by atoms with van der Waals surface area (Å²) in [6.07, 6.45) is -4.75. The van der Waals surface area contributed by atoms with E-state index in [0.29, 0.717) is 16.1 Å². The molecule has 0 spiro atoms. The van der Waals surface area contributed by atoms with Gasteiger partial charge in [-0.15, -0.1) is 13.2 Å². The average molecular weight is 329 g/mol. The van der Waals surface area contributed by atoms with Crippen LogP contribution in [-0.4, -0.2) is 6.36 Å². The fourth-order valence-electron chi connectivity index (χ4n) is 2.10. The molecule has 0 amide bonds. The van der Waals surface area contributed by atoms with Gasteiger partial charge in [0.15, 0.2) is 0 Å². The highest BCUT2D eigenvalue weighted by molar-refractivity contribution is 6.33. The summed E-state index contributed by atoms with van der Waals surface area (Å²) < 4.78 is 41.8. The first kappa shape index (κ1) is 16.7. The fraction of sp³-hybridized carbons (Fsp3) is 0.294. The molecule has 0 aliphatic rings. The molecule has 0 bridgehead atoms. The topological polar surface area (TPSA) is 9.23 Å². The van der Waals surface area contributed by atoms with Crippen molar-refractivity contribution >= 4 is 11.6 Å². The quantitative estimate of drug-likeness (QED) is 0.637. The zero-order chi connectivity index (χ0) is 16.5. The summed E-state index contributed by atoms with van der Waals surface area (Å²) in [6, 6.07) is 11.4. The van der Waals surface area contributed by atoms with Crippen molar-refractivity contribution in [3.63, 3.8) is 0 Å². The lowest BCUT2D eigenvalue weighted by atomic mass is 9.85. The maximum absolute atomic E-state index is 12.6. The highest BCUT2D eigenvalue weighted by atomic mass is 35.5. The number of benzene rings is 2. The molecule has 0 unspecified atom stereocenters. The minimum atomic E-state index is -4.75. The molecule has 2 aromatic carbocycles. The van der Waals surface area contributed by atoms with E-state index >= 15 is 0 Å². The molecule has 0 radical (unpaired) electrons. The van der Waals surface area contributed by atoms with Crippen LogP contribution in [0.25, 0.3) is 11.1 Å². The molecule has 22 heavy (non-hydrogen) atoms. The zero-order valence-corrected chi connectivity index (χ0v) is 13.2. The number of hydrogen-bond donors (Lipinski definition) is 0. The predicted molar refractivity (Wildman–Crippen MR) is 82.3 cm³/mol. The third-order valence-electron chi connectivity index (χ3n) is 3.24. The van der Waals surface area contributed by atoms with Crippen LogP contribution in [0.2, 0.25) is 5.02 Å². The lowest BCUT2D eigenvalue weighted by Gasteiger charge is -2.21. The largest absolute Gasteiger partial charge is 0.573 e. The van der Waals surface area contributed by atoms with Gasteiger partial charge in [0.2, 0.25) is 0 Å². The van der Waals surface area contributed by atoms with Crippen molar-refractivity contribution < 1.29 is 17.9 Å². The maximum atomic E-state index is 12.6. The van der Waals surface area contributed by atoms with Gasteiger partial charge in [-0.2, -0.15) is 0 Å². The summed E-state index contributed by atoms with van der Waals surface area (Å²) in [6.45, 7) is 6.08. The molecule has 5 heteroatoms. The van der Waals surface area contributed by atoms with Gasteiger partial charge < -0.3 is 4.74 Å². The summed E-state index contributed by atoms with van der Waals surface area (Å²) in [7, 11) is 0. The average Bonchev–Trinajstić information content (AvgIpc) is 2.37. The van der Waals surface area contributed by atoms with Crippen LogP contribution in [0.4, 0.5) is 13.2 Å². The minimum absolute atomic E-state index is 0.140. The van der Waals surface area contributed by atoms with Gasteiger partial charge in [0.05, 0.1) is 0 Å². The molecule has 0 aromatic heterocycles. The SMILES string of the molecule is CC(C)(C)c1ccc(Cl)c(-c2ccccc2OC(F)(F)F)c1. The Kier molecular flexibility index (Phi) is 4.43. The lowest BCUT2D eigenvalue weighted by Crippen LogP contribution is -2.17. The van der Waals surface area contributed by atoms with Gasteiger partial charge in [0.25, 0.3) is 0 Å². The van der Waals surface area contributed by atoms with Gasteiger partial charge in [-0.3, -0.25) is 0 Å². The van der Waals surface area contributed by atoms with Crippen LogP contribution < -0.4 is 4.74 Å². The van der Waals surface area contributed by atoms with E-state index in [9.17, 15) is 13.2 Å². The molecule has 0 atom stereocenters. The molecule has 0 saturated heterocycles. The van der Waals surface area contributed by atoms with Crippen LogP contribution in [0.3, 0.4) is 0 Å². The van der Waals surface area contributed by atoms with E-state index in [-0.39, 0.29) is 11.2 Å². The van der Waals surface area contributed by atoms with E-state index in [4.69, 9.17) is 11.6 Å². The number of alkyl halides is 3. The third kappa shape index (κ3) is 3.95. The molecule has 0 saturated carbocycles. The Morgan fingerprint density at radius 1 is 0.909 bits per heavy atom. The fourth-order valence-corrected chi connectivity index (χ4v) is 2.32. The van der Waals surface area contributed by atoms with E-state index in [2.05, 4.69) is 4.74 Å². The van der Waals surface area contributed by atoms with Gasteiger partial charge in [0.1, 0.15) is 5.75 Å². The first-order valence-corrected chi connectivity index (χ1v) is 7.11. The first-order chi connectivity index (χ1) is 10.1. The van der Waals surface area contributed by atoms with Gasteiger partial charge in [-0.25, -0.2) is 0 Å². The van der Waals surface area contributed by atoms with E-state index in [0.717, 1.165) is 5.56 Å². The Labute approximate surface area is 132 Å². The standard InChI is InChI=1S/C17H16ClF3O/c1-16(2,3)11-8-9-14(18)13(10-11)12-6-4-5-7-15(12)22-17(19,20)21/h4-10H,1-3H3. The molecule has 2 rings (SSSR count). The Morgan fingerprint density at radius 3 is 2.14 bits per heavy atom. The second kappa shape index (κ2) is 5.84. The van der Waals surface area contributed by atoms with Crippen molar-refractivity contribution in [2.24, 2.45) is 0 Å². The molecule has 118 valence electrons. The van der Waals surface area contributed by atoms with Gasteiger partial charge in [-0.1, -0.05) is 56.6 Å². The third-order valence-corrected chi connectivity index (χ3v) is 3.56. The number of para-hydroxylation sites is 1. The number of rotatable bonds is 2. The van der Waals surface area contributed by atoms with Crippen LogP contribution >= 0.6 is 11.6 Å². The van der Waals surface area contributed by atoms with Crippen LogP contribution in [0.5, 0.6) is 5.75 Å². The molecule has 0 heterocycles. The molecule has 2 aromatic rings. The van der Waals surface area contributed by atoms with E-state index in [1.54, 1.807) is 24.3 Å². The summed E-state index contributed by atoms with van der Waals surface area (Å²) >= 11 is 6.19. The molecule has 0 fully saturated rings. The Morgan fingerprint density at radius 2 is 1.55 bits per heavy atom. The summed E-state index contributed by atoms with van der Waals surface area (Å²) in [5.74, 6) is -0.261. The molecular weight excluding hydrogens is 313 g/mol. The molecule has 0 aliphatic heterocycles. The van der Waals surface area contributed by atoms with Crippen molar-refractivity contribution in [3.8, 4) is 16.9 Å². The highest BCUT2D eigenvalue weighted by Crippen LogP contribution is 2.39. The Bertz CT molecular complexity index is 672. The Hall–Kier alpha value is -1.68. The van der Waals surface area contributed by atoms with Crippen LogP contribution in [0.1, 0.15) is 26.3 Å². The van der Waals surface area contributed by atoms with Crippen molar-refractivity contribution in [2.45, 2.75) is 32.5 Å². The molecular formula is C17H16ClF3O. The van der Waals surface area contributed by atoms with E-state index < -0.39 is 6.36 Å². The van der Waals surface area contributed by atoms with Gasteiger partial charge >= 0.3 is 6.36 Å². The van der Waals surface area contributed by atoms with Crippen LogP contribution in [0, 0.1) is 0 Å². The van der Waals surface area contributed by atoms with Crippen LogP contribution in [-0.2, 0) is 5.41 Å². The number of halogens is 4. The summed E-state index contributed by atoms with van der Waals surface area (Å²) in [5.41, 5.74) is 1.68. The monoisotopic (exact) mass is 328 g/mol. The lowest BCUT2D eigenvalue weighted by molar-refractivity contribution is -0.274. The molecule has 1 nitrogen and oxygen atoms in total. The molecule has 0 N–H and O–H groups in total. The number of ether oxygens (including phenoxy) is 1. The summed E-state index contributed by atoms with van der Waals surface area (Å²) in [5, 5.41) is 0.381. The van der Waals surface area contributed by atoms with E-state index in [1.807, 2.05) is 26.8 Å². The predicted octanol–water partition coefficient (Wildman–Crippen LogP) is 6.20. The number of hydrogen-bond acceptors (Lipinski definition) is 1. The van der Waals surface area contributed by atoms with Crippen molar-refractivity contribution in [1.29, 1.82) is 0 Å². The Balaban J connectivity index is 2.57. The smallest absolute Gasteiger partial charge is 0.405 e. The summed E-state index contributed by atoms with van der Waals surface area (Å²) in [4.78, 5) is 0. The maximum Gasteiger partial charge on any atom is 0.573 e. The van der Waals surface area contributed by atoms with Gasteiger partial charge in [0, 0.05) is 16.1 Å². The van der Waals surface area contributed by atoms with Crippen molar-refractivity contribution in [2.75, 3.05) is 0 Å². The van der Waals surface area contributed by atoms with Gasteiger partial charge in [-0.05, 0) is 29.2 Å². The first-order valence-electron chi connectivity index (χ1n) is 6.73.